The highest BCUT2D eigenvalue weighted by molar-refractivity contribution is 7.99. The molecule has 0 saturated carbocycles. The topological polar surface area (TPSA) is 110 Å². The maximum Gasteiger partial charge on any atom is 0.264 e. The molecule has 0 bridgehead atoms. The molecular formula is C22H27N7OS. The zero-order valence-electron chi connectivity index (χ0n) is 17.9. The Morgan fingerprint density at radius 3 is 2.55 bits per heavy atom. The Morgan fingerprint density at radius 1 is 1.16 bits per heavy atom. The summed E-state index contributed by atoms with van der Waals surface area (Å²) in [5.74, 6) is 6.84. The average Bonchev–Trinajstić information content (AvgIpc) is 3.15. The van der Waals surface area contributed by atoms with Gasteiger partial charge in [0.05, 0.1) is 11.5 Å². The lowest BCUT2D eigenvalue weighted by molar-refractivity contribution is -0.113. The maximum absolute atomic E-state index is 12.3. The first-order valence-corrected chi connectivity index (χ1v) is 11.0. The summed E-state index contributed by atoms with van der Waals surface area (Å²) in [6, 6.07) is 17.7. The third-order valence-corrected chi connectivity index (χ3v) is 5.83. The lowest BCUT2D eigenvalue weighted by Crippen LogP contribution is -2.17. The largest absolute Gasteiger partial charge is 0.334 e. The first kappa shape index (κ1) is 22.4. The van der Waals surface area contributed by atoms with Crippen LogP contribution in [0.2, 0.25) is 0 Å². The number of carbonyl (C=O) groups is 1. The summed E-state index contributed by atoms with van der Waals surface area (Å²) in [6.07, 6.45) is 1.08. The number of hydrogen-bond acceptors (Lipinski definition) is 7. The minimum absolute atomic E-state index is 0.142. The zero-order chi connectivity index (χ0) is 22.2. The lowest BCUT2D eigenvalue weighted by atomic mass is 9.99. The van der Waals surface area contributed by atoms with Crippen LogP contribution in [0, 0.1) is 0 Å². The van der Waals surface area contributed by atoms with Gasteiger partial charge in [0.1, 0.15) is 0 Å². The van der Waals surface area contributed by atoms with Gasteiger partial charge in [0, 0.05) is 5.69 Å². The minimum atomic E-state index is -0.142. The predicted molar refractivity (Wildman–Crippen MR) is 127 cm³/mol. The van der Waals surface area contributed by atoms with Gasteiger partial charge in [-0.1, -0.05) is 68.1 Å². The number of nitrogens with one attached hydrogen (secondary N) is 2. The molecule has 0 aliphatic heterocycles. The van der Waals surface area contributed by atoms with Crippen molar-refractivity contribution >= 4 is 35.0 Å². The van der Waals surface area contributed by atoms with Crippen molar-refractivity contribution in [1.29, 1.82) is 0 Å². The number of thioether (sulfide) groups is 1. The van der Waals surface area contributed by atoms with Gasteiger partial charge < -0.3 is 11.2 Å². The van der Waals surface area contributed by atoms with Crippen molar-refractivity contribution in [2.75, 3.05) is 22.3 Å². The summed E-state index contributed by atoms with van der Waals surface area (Å²) >= 11 is 1.20. The Bertz CT molecular complexity index is 1030. The van der Waals surface area contributed by atoms with Crippen molar-refractivity contribution in [3.8, 4) is 0 Å². The van der Waals surface area contributed by atoms with Crippen molar-refractivity contribution in [3.05, 3.63) is 65.7 Å². The van der Waals surface area contributed by atoms with Crippen molar-refractivity contribution in [1.82, 2.24) is 14.9 Å². The molecule has 2 aromatic carbocycles. The summed E-state index contributed by atoms with van der Waals surface area (Å²) in [5, 5.41) is 15.6. The highest BCUT2D eigenvalue weighted by Gasteiger charge is 2.12. The molecule has 8 nitrogen and oxygen atoms in total. The molecule has 0 saturated heterocycles. The first-order valence-electron chi connectivity index (χ1n) is 10.1. The molecule has 1 amide bonds. The van der Waals surface area contributed by atoms with Crippen LogP contribution in [-0.4, -0.2) is 32.2 Å². The van der Waals surface area contributed by atoms with Crippen LogP contribution in [0.5, 0.6) is 0 Å². The predicted octanol–water partition coefficient (Wildman–Crippen LogP) is 4.07. The zero-order valence-corrected chi connectivity index (χ0v) is 18.7. The van der Waals surface area contributed by atoms with E-state index in [4.69, 9.17) is 5.84 Å². The van der Waals surface area contributed by atoms with E-state index in [1.54, 1.807) is 0 Å². The van der Waals surface area contributed by atoms with Crippen LogP contribution in [0.1, 0.15) is 44.2 Å². The van der Waals surface area contributed by atoms with Crippen molar-refractivity contribution in [3.63, 3.8) is 0 Å². The van der Waals surface area contributed by atoms with Gasteiger partial charge in [-0.3, -0.25) is 4.79 Å². The fourth-order valence-corrected chi connectivity index (χ4v) is 3.44. The molecule has 9 heteroatoms. The van der Waals surface area contributed by atoms with E-state index in [9.17, 15) is 4.79 Å². The van der Waals surface area contributed by atoms with Crippen LogP contribution >= 0.6 is 11.8 Å². The number of aromatic nitrogens is 3. The highest BCUT2D eigenvalue weighted by Crippen LogP contribution is 2.21. The van der Waals surface area contributed by atoms with Gasteiger partial charge in [0.15, 0.2) is 0 Å². The summed E-state index contributed by atoms with van der Waals surface area (Å²) in [7, 11) is 0. The van der Waals surface area contributed by atoms with E-state index in [1.807, 2.05) is 61.5 Å². The highest BCUT2D eigenvalue weighted by atomic mass is 32.2. The summed E-state index contributed by atoms with van der Waals surface area (Å²) in [5.41, 5.74) is 6.62. The molecule has 1 aromatic heterocycles. The lowest BCUT2D eigenvalue weighted by Gasteiger charge is -2.10. The van der Waals surface area contributed by atoms with Crippen LogP contribution in [0.4, 0.5) is 11.6 Å². The van der Waals surface area contributed by atoms with Gasteiger partial charge in [-0.05, 0) is 42.5 Å². The van der Waals surface area contributed by atoms with Gasteiger partial charge in [0.25, 0.3) is 5.95 Å². The second kappa shape index (κ2) is 10.6. The van der Waals surface area contributed by atoms with E-state index >= 15 is 0 Å². The number of hydrazone groups is 1. The standard InChI is InChI=1S/C22H27N7OS/c1-4-15(2)17-10-12-19(13-11-17)24-20(30)14-31-22-28-27-21(29(22)23)26-25-16(3)18-8-6-5-7-9-18/h5-13,15H,4,14,23H2,1-3H3,(H,24,30)(H,26,27)/b25-16+. The molecule has 162 valence electrons. The van der Waals surface area contributed by atoms with Crippen LogP contribution in [-0.2, 0) is 4.79 Å². The molecule has 3 aromatic rings. The number of anilines is 2. The monoisotopic (exact) mass is 437 g/mol. The molecule has 0 fully saturated rings. The number of hydrogen-bond donors (Lipinski definition) is 3. The fraction of sp³-hybridized carbons (Fsp3) is 0.273. The number of carbonyl (C=O) groups excluding carboxylic acids is 1. The average molecular weight is 438 g/mol. The molecule has 0 radical (unpaired) electrons. The molecule has 1 heterocycles. The number of nitrogen functional groups attached to an aromatic ring is 1. The number of nitrogens with zero attached hydrogens (tertiary/aromatic N) is 4. The fourth-order valence-electron chi connectivity index (χ4n) is 2.79. The Hall–Kier alpha value is -3.33. The summed E-state index contributed by atoms with van der Waals surface area (Å²) < 4.78 is 1.28. The molecule has 1 unspecified atom stereocenters. The normalized spacial score (nSPS) is 12.4. The van der Waals surface area contributed by atoms with Crippen LogP contribution < -0.4 is 16.6 Å². The van der Waals surface area contributed by atoms with E-state index < -0.39 is 0 Å². The number of rotatable bonds is 9. The third-order valence-electron chi connectivity index (χ3n) is 4.89. The van der Waals surface area contributed by atoms with Crippen LogP contribution in [0.25, 0.3) is 0 Å². The van der Waals surface area contributed by atoms with E-state index in [2.05, 4.69) is 39.9 Å². The van der Waals surface area contributed by atoms with Crippen molar-refractivity contribution < 1.29 is 4.79 Å². The molecule has 1 atom stereocenters. The second-order valence-corrected chi connectivity index (χ2v) is 8.06. The Labute approximate surface area is 186 Å². The minimum Gasteiger partial charge on any atom is -0.334 e. The Balaban J connectivity index is 1.53. The van der Waals surface area contributed by atoms with Crippen molar-refractivity contribution in [2.24, 2.45) is 5.10 Å². The van der Waals surface area contributed by atoms with E-state index in [1.165, 1.54) is 22.0 Å². The summed E-state index contributed by atoms with van der Waals surface area (Å²) in [4.78, 5) is 12.3. The van der Waals surface area contributed by atoms with Gasteiger partial charge in [-0.15, -0.1) is 10.2 Å². The van der Waals surface area contributed by atoms with Crippen LogP contribution in [0.15, 0.2) is 64.9 Å². The SMILES string of the molecule is CCC(C)c1ccc(NC(=O)CSc2nnc(N/N=C(\C)c3ccccc3)n2N)cc1. The Kier molecular flexibility index (Phi) is 7.66. The van der Waals surface area contributed by atoms with Crippen LogP contribution in [0.3, 0.4) is 0 Å². The van der Waals surface area contributed by atoms with Gasteiger partial charge in [-0.2, -0.15) is 5.10 Å². The maximum atomic E-state index is 12.3. The first-order chi connectivity index (χ1) is 15.0. The molecule has 0 aliphatic rings. The van der Waals surface area contributed by atoms with Crippen molar-refractivity contribution in [2.45, 2.75) is 38.3 Å². The van der Waals surface area contributed by atoms with Gasteiger partial charge in [0.2, 0.25) is 11.1 Å². The number of amides is 1. The molecule has 31 heavy (non-hydrogen) atoms. The molecule has 3 rings (SSSR count). The second-order valence-electron chi connectivity index (χ2n) is 7.12. The smallest absolute Gasteiger partial charge is 0.264 e. The van der Waals surface area contributed by atoms with Gasteiger partial charge in [-0.25, -0.2) is 10.1 Å². The molecular weight excluding hydrogens is 410 g/mol. The summed E-state index contributed by atoms with van der Waals surface area (Å²) in [6.45, 7) is 6.23. The molecule has 0 aliphatic carbocycles. The molecule has 4 N–H and O–H groups in total. The Morgan fingerprint density at radius 2 is 1.87 bits per heavy atom. The third kappa shape index (κ3) is 6.08. The molecule has 0 spiro atoms. The quantitative estimate of drug-likeness (QED) is 0.201. The van der Waals surface area contributed by atoms with E-state index in [-0.39, 0.29) is 11.7 Å². The number of benzene rings is 2. The van der Waals surface area contributed by atoms with E-state index in [0.29, 0.717) is 17.0 Å². The van der Waals surface area contributed by atoms with Gasteiger partial charge >= 0.3 is 0 Å². The van der Waals surface area contributed by atoms with E-state index in [0.717, 1.165) is 23.4 Å². The number of nitrogens with two attached hydrogens (primary N) is 1.